The number of aromatic hydroxyl groups is 1. The highest BCUT2D eigenvalue weighted by molar-refractivity contribution is 5.41. The van der Waals surface area contributed by atoms with Crippen molar-refractivity contribution in [3.63, 3.8) is 0 Å². The van der Waals surface area contributed by atoms with E-state index in [0.29, 0.717) is 5.75 Å². The average Bonchev–Trinajstić information content (AvgIpc) is 2.08. The molecule has 0 heterocycles. The van der Waals surface area contributed by atoms with Crippen molar-refractivity contribution in [2.24, 2.45) is 0 Å². The van der Waals surface area contributed by atoms with Crippen LogP contribution in [0.2, 0.25) is 0 Å². The maximum absolute atomic E-state index is 9.55. The molecule has 0 aliphatic rings. The van der Waals surface area contributed by atoms with Gasteiger partial charge in [0.15, 0.2) is 0 Å². The number of hydrogen-bond acceptors (Lipinski definition) is 1. The van der Waals surface area contributed by atoms with Crippen LogP contribution >= 0.6 is 0 Å². The van der Waals surface area contributed by atoms with Gasteiger partial charge in [-0.05, 0) is 42.5 Å². The van der Waals surface area contributed by atoms with Gasteiger partial charge in [-0.15, -0.1) is 0 Å². The molecule has 0 bridgehead atoms. The van der Waals surface area contributed by atoms with Gasteiger partial charge in [0.05, 0.1) is 0 Å². The average molecular weight is 164 g/mol. The van der Waals surface area contributed by atoms with E-state index in [2.05, 4.69) is 26.8 Å². The molecule has 0 spiro atoms. The van der Waals surface area contributed by atoms with Gasteiger partial charge in [-0.2, -0.15) is 0 Å². The lowest BCUT2D eigenvalue weighted by atomic mass is 10.0. The molecule has 0 amide bonds. The van der Waals surface area contributed by atoms with Crippen molar-refractivity contribution in [2.75, 3.05) is 0 Å². The van der Waals surface area contributed by atoms with Crippen LogP contribution in [0.25, 0.3) is 0 Å². The van der Waals surface area contributed by atoms with E-state index in [-0.39, 0.29) is 0 Å². The van der Waals surface area contributed by atoms with Crippen LogP contribution in [-0.4, -0.2) is 5.11 Å². The molecule has 66 valence electrons. The van der Waals surface area contributed by atoms with E-state index in [4.69, 9.17) is 0 Å². The molecule has 1 nitrogen and oxygen atoms in total. The van der Waals surface area contributed by atoms with Crippen LogP contribution in [0.3, 0.4) is 0 Å². The van der Waals surface area contributed by atoms with Crippen molar-refractivity contribution in [1.82, 2.24) is 0 Å². The molecule has 1 aromatic carbocycles. The van der Waals surface area contributed by atoms with Gasteiger partial charge < -0.3 is 5.11 Å². The first kappa shape index (κ1) is 9.11. The van der Waals surface area contributed by atoms with Crippen LogP contribution in [-0.2, 0) is 12.8 Å². The second-order valence-electron chi connectivity index (χ2n) is 3.11. The largest absolute Gasteiger partial charge is 0.508 e. The Labute approximate surface area is 74.1 Å². The molecule has 1 rings (SSSR count). The lowest BCUT2D eigenvalue weighted by Crippen LogP contribution is -1.90. The van der Waals surface area contributed by atoms with Crippen molar-refractivity contribution in [3.8, 4) is 5.75 Å². The molecule has 0 fully saturated rings. The first-order chi connectivity index (χ1) is 5.69. The Bertz CT molecular complexity index is 247. The topological polar surface area (TPSA) is 20.2 Å². The van der Waals surface area contributed by atoms with E-state index < -0.39 is 0 Å². The van der Waals surface area contributed by atoms with Crippen molar-refractivity contribution < 1.29 is 5.11 Å². The minimum absolute atomic E-state index is 0.444. The highest BCUT2D eigenvalue weighted by Gasteiger charge is 2.02. The number of phenolic OH excluding ortho intramolecular Hbond substituents is 1. The molecule has 1 aromatic rings. The zero-order valence-electron chi connectivity index (χ0n) is 8.02. The predicted molar refractivity (Wildman–Crippen MR) is 51.6 cm³/mol. The fourth-order valence-electron chi connectivity index (χ4n) is 1.46. The van der Waals surface area contributed by atoms with Gasteiger partial charge in [0, 0.05) is 0 Å². The van der Waals surface area contributed by atoms with Crippen LogP contribution < -0.4 is 0 Å². The molecule has 0 unspecified atom stereocenters. The molecule has 0 saturated heterocycles. The molecule has 1 N–H and O–H groups in total. The Morgan fingerprint density at radius 2 is 1.67 bits per heavy atom. The summed E-state index contributed by atoms with van der Waals surface area (Å²) in [5, 5.41) is 9.55. The maximum atomic E-state index is 9.55. The monoisotopic (exact) mass is 164 g/mol. The SMILES string of the molecule is CCc1cc(O)c(CC)cc1C. The molecular weight excluding hydrogens is 148 g/mol. The summed E-state index contributed by atoms with van der Waals surface area (Å²) in [5.41, 5.74) is 3.57. The molecule has 0 saturated carbocycles. The van der Waals surface area contributed by atoms with Gasteiger partial charge in [0.25, 0.3) is 0 Å². The van der Waals surface area contributed by atoms with Gasteiger partial charge in [-0.3, -0.25) is 0 Å². The summed E-state index contributed by atoms with van der Waals surface area (Å²) in [6.07, 6.45) is 1.89. The highest BCUT2D eigenvalue weighted by atomic mass is 16.3. The Kier molecular flexibility index (Phi) is 2.74. The summed E-state index contributed by atoms with van der Waals surface area (Å²) < 4.78 is 0. The van der Waals surface area contributed by atoms with Gasteiger partial charge in [0.1, 0.15) is 5.75 Å². The van der Waals surface area contributed by atoms with E-state index in [1.54, 1.807) is 0 Å². The van der Waals surface area contributed by atoms with Crippen LogP contribution in [0.4, 0.5) is 0 Å². The summed E-state index contributed by atoms with van der Waals surface area (Å²) in [5.74, 6) is 0.444. The summed E-state index contributed by atoms with van der Waals surface area (Å²) >= 11 is 0. The minimum Gasteiger partial charge on any atom is -0.508 e. The lowest BCUT2D eigenvalue weighted by molar-refractivity contribution is 0.468. The van der Waals surface area contributed by atoms with Crippen molar-refractivity contribution in [2.45, 2.75) is 33.6 Å². The quantitative estimate of drug-likeness (QED) is 0.712. The highest BCUT2D eigenvalue weighted by Crippen LogP contribution is 2.22. The molecule has 0 aromatic heterocycles. The summed E-state index contributed by atoms with van der Waals surface area (Å²) in [6.45, 7) is 6.25. The first-order valence-electron chi connectivity index (χ1n) is 4.50. The number of aryl methyl sites for hydroxylation is 3. The minimum atomic E-state index is 0.444. The molecular formula is C11H16O. The van der Waals surface area contributed by atoms with E-state index in [1.165, 1.54) is 11.1 Å². The van der Waals surface area contributed by atoms with Gasteiger partial charge in [-0.1, -0.05) is 19.9 Å². The Morgan fingerprint density at radius 3 is 2.17 bits per heavy atom. The smallest absolute Gasteiger partial charge is 0.119 e. The number of phenols is 1. The molecule has 0 aliphatic carbocycles. The summed E-state index contributed by atoms with van der Waals surface area (Å²) in [4.78, 5) is 0. The van der Waals surface area contributed by atoms with Gasteiger partial charge in [-0.25, -0.2) is 0 Å². The van der Waals surface area contributed by atoms with E-state index in [1.807, 2.05) is 6.07 Å². The van der Waals surface area contributed by atoms with Crippen molar-refractivity contribution in [1.29, 1.82) is 0 Å². The van der Waals surface area contributed by atoms with E-state index in [9.17, 15) is 5.11 Å². The molecule has 12 heavy (non-hydrogen) atoms. The van der Waals surface area contributed by atoms with E-state index >= 15 is 0 Å². The van der Waals surface area contributed by atoms with E-state index in [0.717, 1.165) is 18.4 Å². The fourth-order valence-corrected chi connectivity index (χ4v) is 1.46. The standard InChI is InChI=1S/C11H16O/c1-4-9-7-11(12)10(5-2)6-8(9)3/h6-7,12H,4-5H2,1-3H3. The second kappa shape index (κ2) is 3.61. The van der Waals surface area contributed by atoms with Crippen LogP contribution in [0, 0.1) is 6.92 Å². The maximum Gasteiger partial charge on any atom is 0.119 e. The second-order valence-corrected chi connectivity index (χ2v) is 3.11. The number of benzene rings is 1. The number of hydrogen-bond donors (Lipinski definition) is 1. The zero-order chi connectivity index (χ0) is 9.14. The summed E-state index contributed by atoms with van der Waals surface area (Å²) in [7, 11) is 0. The first-order valence-corrected chi connectivity index (χ1v) is 4.50. The van der Waals surface area contributed by atoms with Crippen molar-refractivity contribution in [3.05, 3.63) is 28.8 Å². The third kappa shape index (κ3) is 1.60. The van der Waals surface area contributed by atoms with Gasteiger partial charge >= 0.3 is 0 Å². The lowest BCUT2D eigenvalue weighted by Gasteiger charge is -2.07. The fraction of sp³-hybridized carbons (Fsp3) is 0.455. The third-order valence-corrected chi connectivity index (χ3v) is 2.30. The normalized spacial score (nSPS) is 10.2. The van der Waals surface area contributed by atoms with Crippen LogP contribution in [0.1, 0.15) is 30.5 Å². The van der Waals surface area contributed by atoms with Crippen LogP contribution in [0.15, 0.2) is 12.1 Å². The zero-order valence-corrected chi connectivity index (χ0v) is 8.02. The summed E-state index contributed by atoms with van der Waals surface area (Å²) in [6, 6.07) is 3.96. The van der Waals surface area contributed by atoms with Crippen LogP contribution in [0.5, 0.6) is 5.75 Å². The molecule has 0 aliphatic heterocycles. The number of rotatable bonds is 2. The van der Waals surface area contributed by atoms with Gasteiger partial charge in [0.2, 0.25) is 0 Å². The Hall–Kier alpha value is -0.980. The molecule has 0 radical (unpaired) electrons. The molecule has 0 atom stereocenters. The third-order valence-electron chi connectivity index (χ3n) is 2.30. The Balaban J connectivity index is 3.16. The Morgan fingerprint density at radius 1 is 1.08 bits per heavy atom. The van der Waals surface area contributed by atoms with Crippen molar-refractivity contribution >= 4 is 0 Å². The molecule has 1 heteroatoms. The predicted octanol–water partition coefficient (Wildman–Crippen LogP) is 2.83.